The van der Waals surface area contributed by atoms with Gasteiger partial charge < -0.3 is 0 Å². The minimum absolute atomic E-state index is 0.144. The molecule has 12 heavy (non-hydrogen) atoms. The van der Waals surface area contributed by atoms with E-state index in [2.05, 4.69) is 30.8 Å². The molecule has 0 spiro atoms. The van der Waals surface area contributed by atoms with Crippen LogP contribution in [0.4, 0.5) is 0 Å². The molecule has 66 valence electrons. The molecule has 0 amide bonds. The van der Waals surface area contributed by atoms with Crippen LogP contribution in [0.2, 0.25) is 0 Å². The monoisotopic (exact) mass is 164 g/mol. The lowest BCUT2D eigenvalue weighted by Gasteiger charge is -2.18. The van der Waals surface area contributed by atoms with E-state index >= 15 is 0 Å². The predicted octanol–water partition coefficient (Wildman–Crippen LogP) is 2.46. The topological polar surface area (TPSA) is 24.7 Å². The molecule has 0 saturated carbocycles. The summed E-state index contributed by atoms with van der Waals surface area (Å²) in [5, 5.41) is 0. The van der Waals surface area contributed by atoms with Gasteiger partial charge in [0.15, 0.2) is 0 Å². The van der Waals surface area contributed by atoms with Gasteiger partial charge in [0.05, 0.1) is 6.04 Å². The van der Waals surface area contributed by atoms with E-state index in [1.165, 1.54) is 5.57 Å². The van der Waals surface area contributed by atoms with Gasteiger partial charge in [-0.25, -0.2) is 0 Å². The average molecular weight is 164 g/mol. The number of aliphatic imine (C=N–C) groups is 2. The lowest BCUT2D eigenvalue weighted by atomic mass is 9.88. The van der Waals surface area contributed by atoms with E-state index in [-0.39, 0.29) is 11.5 Å². The third-order valence-electron chi connectivity index (χ3n) is 1.83. The fraction of sp³-hybridized carbons (Fsp3) is 0.600. The maximum absolute atomic E-state index is 4.33. The molecule has 1 rings (SSSR count). The Labute approximate surface area is 74.1 Å². The molecule has 1 aliphatic heterocycles. The molecule has 2 nitrogen and oxygen atoms in total. The Morgan fingerprint density at radius 2 is 2.00 bits per heavy atom. The first-order chi connectivity index (χ1) is 5.50. The molecular formula is C10H16N2. The first-order valence-corrected chi connectivity index (χ1v) is 4.27. The summed E-state index contributed by atoms with van der Waals surface area (Å²) >= 11 is 0. The molecule has 0 bridgehead atoms. The van der Waals surface area contributed by atoms with E-state index in [9.17, 15) is 0 Å². The fourth-order valence-corrected chi connectivity index (χ4v) is 0.905. The summed E-state index contributed by atoms with van der Waals surface area (Å²) in [6, 6.07) is 0.209. The van der Waals surface area contributed by atoms with Crippen molar-refractivity contribution in [3.8, 4) is 0 Å². The van der Waals surface area contributed by atoms with Crippen LogP contribution in [0.15, 0.2) is 21.8 Å². The highest BCUT2D eigenvalue weighted by atomic mass is 14.8. The second kappa shape index (κ2) is 3.21. The first kappa shape index (κ1) is 9.17. The van der Waals surface area contributed by atoms with E-state index in [1.54, 1.807) is 0 Å². The first-order valence-electron chi connectivity index (χ1n) is 4.27. The Kier molecular flexibility index (Phi) is 2.46. The molecule has 0 aromatic heterocycles. The summed E-state index contributed by atoms with van der Waals surface area (Å²) in [6.07, 6.45) is 5.68. The van der Waals surface area contributed by atoms with E-state index in [1.807, 2.05) is 25.6 Å². The van der Waals surface area contributed by atoms with E-state index in [0.717, 1.165) is 0 Å². The Bertz CT molecular complexity index is 241. The van der Waals surface area contributed by atoms with E-state index in [4.69, 9.17) is 0 Å². The van der Waals surface area contributed by atoms with Crippen molar-refractivity contribution in [1.82, 2.24) is 0 Å². The molecule has 0 aromatic carbocycles. The smallest absolute Gasteiger partial charge is 0.0822 e. The van der Waals surface area contributed by atoms with Crippen molar-refractivity contribution in [1.29, 1.82) is 0 Å². The van der Waals surface area contributed by atoms with Crippen LogP contribution in [0.25, 0.3) is 0 Å². The molecule has 2 heteroatoms. The van der Waals surface area contributed by atoms with Crippen LogP contribution in [0.3, 0.4) is 0 Å². The van der Waals surface area contributed by atoms with Crippen molar-refractivity contribution >= 4 is 12.4 Å². The molecule has 0 saturated heterocycles. The van der Waals surface area contributed by atoms with E-state index in [0.29, 0.717) is 0 Å². The van der Waals surface area contributed by atoms with Crippen LogP contribution in [0, 0.1) is 5.41 Å². The zero-order chi connectivity index (χ0) is 9.19. The van der Waals surface area contributed by atoms with Crippen LogP contribution in [0.5, 0.6) is 0 Å². The van der Waals surface area contributed by atoms with Gasteiger partial charge in [-0.05, 0) is 17.9 Å². The van der Waals surface area contributed by atoms with Crippen LogP contribution in [0.1, 0.15) is 27.7 Å². The van der Waals surface area contributed by atoms with Crippen LogP contribution >= 0.6 is 0 Å². The number of nitrogens with zero attached hydrogens (tertiary/aromatic N) is 2. The van der Waals surface area contributed by atoms with Gasteiger partial charge in [-0.1, -0.05) is 20.8 Å². The number of hydrogen-bond donors (Lipinski definition) is 0. The van der Waals surface area contributed by atoms with Gasteiger partial charge in [-0.15, -0.1) is 0 Å². The molecule has 1 atom stereocenters. The minimum atomic E-state index is 0.144. The van der Waals surface area contributed by atoms with Crippen molar-refractivity contribution < 1.29 is 0 Å². The van der Waals surface area contributed by atoms with Crippen molar-refractivity contribution in [2.24, 2.45) is 15.4 Å². The van der Waals surface area contributed by atoms with Crippen molar-refractivity contribution in [2.75, 3.05) is 0 Å². The number of hydrogen-bond acceptors (Lipinski definition) is 2. The summed E-state index contributed by atoms with van der Waals surface area (Å²) in [5.74, 6) is 0. The summed E-state index contributed by atoms with van der Waals surface area (Å²) in [4.78, 5) is 8.52. The SMILES string of the molecule is CC1C=NC=C(C(C)(C)C)C=N1. The number of allylic oxidation sites excluding steroid dienone is 1. The van der Waals surface area contributed by atoms with Gasteiger partial charge in [-0.3, -0.25) is 9.98 Å². The molecule has 0 aliphatic carbocycles. The van der Waals surface area contributed by atoms with Crippen LogP contribution < -0.4 is 0 Å². The van der Waals surface area contributed by atoms with Gasteiger partial charge in [0, 0.05) is 18.6 Å². The third-order valence-corrected chi connectivity index (χ3v) is 1.83. The van der Waals surface area contributed by atoms with Gasteiger partial charge in [0.2, 0.25) is 0 Å². The van der Waals surface area contributed by atoms with Crippen molar-refractivity contribution in [3.63, 3.8) is 0 Å². The largest absolute Gasteiger partial charge is 0.284 e. The standard InChI is InChI=1S/C10H16N2/c1-8-5-11-6-9(7-12-8)10(2,3)4/h5-8H,1-4H3. The predicted molar refractivity (Wildman–Crippen MR) is 54.0 cm³/mol. The lowest BCUT2D eigenvalue weighted by molar-refractivity contribution is 0.525. The molecule has 0 N–H and O–H groups in total. The highest BCUT2D eigenvalue weighted by molar-refractivity contribution is 5.84. The number of rotatable bonds is 0. The summed E-state index contributed by atoms with van der Waals surface area (Å²) in [6.45, 7) is 8.52. The molecule has 1 heterocycles. The highest BCUT2D eigenvalue weighted by Crippen LogP contribution is 2.24. The minimum Gasteiger partial charge on any atom is -0.284 e. The normalized spacial score (nSPS) is 23.7. The fourth-order valence-electron chi connectivity index (χ4n) is 0.905. The Hall–Kier alpha value is -0.920. The summed E-state index contributed by atoms with van der Waals surface area (Å²) < 4.78 is 0. The second-order valence-corrected chi connectivity index (χ2v) is 4.15. The molecule has 0 fully saturated rings. The molecular weight excluding hydrogens is 148 g/mol. The van der Waals surface area contributed by atoms with Crippen LogP contribution in [-0.2, 0) is 0 Å². The Morgan fingerprint density at radius 1 is 1.33 bits per heavy atom. The Morgan fingerprint density at radius 3 is 2.58 bits per heavy atom. The molecule has 1 aliphatic rings. The summed E-state index contributed by atoms with van der Waals surface area (Å²) in [7, 11) is 0. The maximum Gasteiger partial charge on any atom is 0.0822 e. The zero-order valence-corrected chi connectivity index (χ0v) is 8.20. The highest BCUT2D eigenvalue weighted by Gasteiger charge is 2.15. The average Bonchev–Trinajstić information content (AvgIpc) is 2.11. The van der Waals surface area contributed by atoms with Gasteiger partial charge >= 0.3 is 0 Å². The van der Waals surface area contributed by atoms with Crippen molar-refractivity contribution in [2.45, 2.75) is 33.7 Å². The van der Waals surface area contributed by atoms with Gasteiger partial charge in [0.25, 0.3) is 0 Å². The lowest BCUT2D eigenvalue weighted by Crippen LogP contribution is -2.10. The van der Waals surface area contributed by atoms with Crippen LogP contribution in [-0.4, -0.2) is 18.5 Å². The molecule has 0 aromatic rings. The Balaban J connectivity index is 2.88. The van der Waals surface area contributed by atoms with E-state index < -0.39 is 0 Å². The van der Waals surface area contributed by atoms with Gasteiger partial charge in [-0.2, -0.15) is 0 Å². The zero-order valence-electron chi connectivity index (χ0n) is 8.20. The second-order valence-electron chi connectivity index (χ2n) is 4.15. The summed E-state index contributed by atoms with van der Waals surface area (Å²) in [5.41, 5.74) is 1.33. The molecule has 0 radical (unpaired) electrons. The van der Waals surface area contributed by atoms with Crippen molar-refractivity contribution in [3.05, 3.63) is 11.8 Å². The third kappa shape index (κ3) is 2.29. The molecule has 1 unspecified atom stereocenters. The quantitative estimate of drug-likeness (QED) is 0.525. The maximum atomic E-state index is 4.33. The van der Waals surface area contributed by atoms with Gasteiger partial charge in [0.1, 0.15) is 0 Å².